The Hall–Kier alpha value is -1.81. The average Bonchev–Trinajstić information content (AvgIpc) is 2.44. The number of nitrogens with two attached hydrogens (primary N) is 1. The normalized spacial score (nSPS) is 13.6. The van der Waals surface area contributed by atoms with E-state index in [2.05, 4.69) is 0 Å². The first-order valence-corrected chi connectivity index (χ1v) is 6.11. The molecule has 1 aromatic carbocycles. The van der Waals surface area contributed by atoms with Gasteiger partial charge in [-0.2, -0.15) is 0 Å². The highest BCUT2D eigenvalue weighted by Crippen LogP contribution is 2.31. The molecule has 0 aliphatic heterocycles. The average molecular weight is 246 g/mol. The van der Waals surface area contributed by atoms with Crippen molar-refractivity contribution in [3.8, 4) is 5.75 Å². The van der Waals surface area contributed by atoms with Crippen LogP contribution in [0.15, 0.2) is 23.9 Å². The lowest BCUT2D eigenvalue weighted by molar-refractivity contribution is -0.129. The number of hydrogen-bond acceptors (Lipinski definition) is 3. The van der Waals surface area contributed by atoms with Crippen LogP contribution in [0.25, 0.3) is 6.08 Å². The Bertz CT molecular complexity index is 495. The van der Waals surface area contributed by atoms with Crippen LogP contribution in [-0.2, 0) is 11.2 Å². The SMILES string of the molecule is CCC(=O)N(N)C1=Cc2cccc(OC)c2CC1. The van der Waals surface area contributed by atoms with Crippen LogP contribution in [-0.4, -0.2) is 18.0 Å². The lowest BCUT2D eigenvalue weighted by atomic mass is 9.94. The second kappa shape index (κ2) is 5.23. The summed E-state index contributed by atoms with van der Waals surface area (Å²) in [7, 11) is 1.67. The number of hydrazine groups is 1. The molecule has 2 N–H and O–H groups in total. The molecule has 0 saturated carbocycles. The maximum Gasteiger partial charge on any atom is 0.240 e. The van der Waals surface area contributed by atoms with Crippen LogP contribution < -0.4 is 10.6 Å². The van der Waals surface area contributed by atoms with Gasteiger partial charge in [-0.25, -0.2) is 5.84 Å². The highest BCUT2D eigenvalue weighted by molar-refractivity contribution is 5.79. The van der Waals surface area contributed by atoms with E-state index in [1.165, 1.54) is 10.6 Å². The Labute approximate surface area is 107 Å². The first-order chi connectivity index (χ1) is 8.67. The van der Waals surface area contributed by atoms with Crippen molar-refractivity contribution in [3.63, 3.8) is 0 Å². The molecule has 4 heteroatoms. The van der Waals surface area contributed by atoms with Crippen LogP contribution in [0.1, 0.15) is 30.9 Å². The van der Waals surface area contributed by atoms with E-state index in [4.69, 9.17) is 10.6 Å². The zero-order chi connectivity index (χ0) is 13.1. The fraction of sp³-hybridized carbons (Fsp3) is 0.357. The summed E-state index contributed by atoms with van der Waals surface area (Å²) in [6.07, 6.45) is 3.99. The van der Waals surface area contributed by atoms with Gasteiger partial charge in [-0.05, 0) is 30.5 Å². The zero-order valence-electron chi connectivity index (χ0n) is 10.8. The minimum atomic E-state index is -0.0624. The first kappa shape index (κ1) is 12.6. The molecule has 0 unspecified atom stereocenters. The van der Waals surface area contributed by atoms with Crippen molar-refractivity contribution in [2.45, 2.75) is 26.2 Å². The minimum absolute atomic E-state index is 0.0624. The molecule has 0 aromatic heterocycles. The van der Waals surface area contributed by atoms with E-state index in [0.717, 1.165) is 29.9 Å². The van der Waals surface area contributed by atoms with Gasteiger partial charge >= 0.3 is 0 Å². The third-order valence-corrected chi connectivity index (χ3v) is 3.22. The van der Waals surface area contributed by atoms with Crippen LogP contribution in [0.4, 0.5) is 0 Å². The molecule has 0 spiro atoms. The number of carbonyl (C=O) groups is 1. The summed E-state index contributed by atoms with van der Waals surface area (Å²) in [5.74, 6) is 6.65. The molecular formula is C14H18N2O2. The van der Waals surface area contributed by atoms with E-state index in [0.29, 0.717) is 6.42 Å². The molecule has 1 aromatic rings. The number of hydrogen-bond donors (Lipinski definition) is 1. The Morgan fingerprint density at radius 3 is 2.89 bits per heavy atom. The summed E-state index contributed by atoms with van der Waals surface area (Å²) in [5.41, 5.74) is 3.12. The summed E-state index contributed by atoms with van der Waals surface area (Å²) in [6, 6.07) is 5.91. The van der Waals surface area contributed by atoms with Crippen molar-refractivity contribution in [1.29, 1.82) is 0 Å². The number of allylic oxidation sites excluding steroid dienone is 1. The number of carbonyl (C=O) groups excluding carboxylic acids is 1. The number of nitrogens with zero attached hydrogens (tertiary/aromatic N) is 1. The smallest absolute Gasteiger partial charge is 0.240 e. The molecule has 0 bridgehead atoms. The van der Waals surface area contributed by atoms with Gasteiger partial charge in [0.2, 0.25) is 5.91 Å². The lowest BCUT2D eigenvalue weighted by Gasteiger charge is -2.24. The summed E-state index contributed by atoms with van der Waals surface area (Å²) >= 11 is 0. The van der Waals surface area contributed by atoms with Gasteiger partial charge in [0, 0.05) is 17.7 Å². The number of benzene rings is 1. The Kier molecular flexibility index (Phi) is 3.67. The van der Waals surface area contributed by atoms with E-state index in [-0.39, 0.29) is 5.91 Å². The maximum absolute atomic E-state index is 11.6. The van der Waals surface area contributed by atoms with Crippen LogP contribution >= 0.6 is 0 Å². The number of methoxy groups -OCH3 is 1. The van der Waals surface area contributed by atoms with Crippen LogP contribution in [0.5, 0.6) is 5.75 Å². The Morgan fingerprint density at radius 1 is 1.44 bits per heavy atom. The van der Waals surface area contributed by atoms with Crippen molar-refractivity contribution in [1.82, 2.24) is 5.01 Å². The summed E-state index contributed by atoms with van der Waals surface area (Å²) in [5, 5.41) is 1.27. The molecule has 18 heavy (non-hydrogen) atoms. The fourth-order valence-electron chi connectivity index (χ4n) is 2.20. The molecule has 2 rings (SSSR count). The van der Waals surface area contributed by atoms with Gasteiger partial charge in [0.05, 0.1) is 7.11 Å². The largest absolute Gasteiger partial charge is 0.496 e. The molecule has 0 radical (unpaired) electrons. The molecular weight excluding hydrogens is 228 g/mol. The zero-order valence-corrected chi connectivity index (χ0v) is 10.8. The third kappa shape index (κ3) is 2.24. The van der Waals surface area contributed by atoms with Gasteiger partial charge < -0.3 is 4.74 Å². The monoisotopic (exact) mass is 246 g/mol. The maximum atomic E-state index is 11.6. The van der Waals surface area contributed by atoms with Crippen molar-refractivity contribution >= 4 is 12.0 Å². The quantitative estimate of drug-likeness (QED) is 0.505. The molecule has 0 heterocycles. The second-order valence-electron chi connectivity index (χ2n) is 4.28. The van der Waals surface area contributed by atoms with E-state index in [9.17, 15) is 4.79 Å². The third-order valence-electron chi connectivity index (χ3n) is 3.22. The van der Waals surface area contributed by atoms with Gasteiger partial charge in [-0.3, -0.25) is 9.80 Å². The molecule has 0 saturated heterocycles. The van der Waals surface area contributed by atoms with E-state index in [1.54, 1.807) is 7.11 Å². The lowest BCUT2D eigenvalue weighted by Crippen LogP contribution is -2.36. The molecule has 0 fully saturated rings. The van der Waals surface area contributed by atoms with Gasteiger partial charge in [0.1, 0.15) is 5.75 Å². The topological polar surface area (TPSA) is 55.6 Å². The van der Waals surface area contributed by atoms with Gasteiger partial charge in [0.15, 0.2) is 0 Å². The van der Waals surface area contributed by atoms with E-state index < -0.39 is 0 Å². The molecule has 96 valence electrons. The van der Waals surface area contributed by atoms with E-state index in [1.807, 2.05) is 31.2 Å². The molecule has 0 atom stereocenters. The number of fused-ring (bicyclic) bond motifs is 1. The van der Waals surface area contributed by atoms with Crippen LogP contribution in [0.2, 0.25) is 0 Å². The molecule has 1 aliphatic carbocycles. The highest BCUT2D eigenvalue weighted by Gasteiger charge is 2.19. The predicted molar refractivity (Wildman–Crippen MR) is 70.6 cm³/mol. The Morgan fingerprint density at radius 2 is 2.22 bits per heavy atom. The predicted octanol–water partition coefficient (Wildman–Crippen LogP) is 2.09. The minimum Gasteiger partial charge on any atom is -0.496 e. The van der Waals surface area contributed by atoms with Crippen molar-refractivity contribution in [2.75, 3.05) is 7.11 Å². The van der Waals surface area contributed by atoms with Crippen molar-refractivity contribution in [2.24, 2.45) is 5.84 Å². The van der Waals surface area contributed by atoms with Gasteiger partial charge in [0.25, 0.3) is 0 Å². The highest BCUT2D eigenvalue weighted by atomic mass is 16.5. The van der Waals surface area contributed by atoms with Crippen molar-refractivity contribution in [3.05, 3.63) is 35.0 Å². The summed E-state index contributed by atoms with van der Waals surface area (Å²) in [4.78, 5) is 11.6. The first-order valence-electron chi connectivity index (χ1n) is 6.11. The molecule has 1 amide bonds. The molecule has 4 nitrogen and oxygen atoms in total. The number of ether oxygens (including phenoxy) is 1. The summed E-state index contributed by atoms with van der Waals surface area (Å²) < 4.78 is 5.34. The Balaban J connectivity index is 2.33. The van der Waals surface area contributed by atoms with Crippen LogP contribution in [0.3, 0.4) is 0 Å². The second-order valence-corrected chi connectivity index (χ2v) is 4.28. The fourth-order valence-corrected chi connectivity index (χ4v) is 2.20. The van der Waals surface area contributed by atoms with Gasteiger partial charge in [-0.15, -0.1) is 0 Å². The van der Waals surface area contributed by atoms with Crippen LogP contribution in [0, 0.1) is 0 Å². The van der Waals surface area contributed by atoms with E-state index >= 15 is 0 Å². The number of rotatable bonds is 3. The molecule has 1 aliphatic rings. The van der Waals surface area contributed by atoms with Gasteiger partial charge in [-0.1, -0.05) is 19.1 Å². The summed E-state index contributed by atoms with van der Waals surface area (Å²) in [6.45, 7) is 1.81. The number of amides is 1. The standard InChI is InChI=1S/C14H18N2O2/c1-3-14(17)16(15)11-7-8-12-10(9-11)5-4-6-13(12)18-2/h4-6,9H,3,7-8,15H2,1-2H3. The van der Waals surface area contributed by atoms with Crippen molar-refractivity contribution < 1.29 is 9.53 Å².